The second-order valence-corrected chi connectivity index (χ2v) is 3.11. The van der Waals surface area contributed by atoms with Crippen LogP contribution in [0.1, 0.15) is 12.0 Å². The van der Waals surface area contributed by atoms with Gasteiger partial charge in [0.1, 0.15) is 0 Å². The molecule has 0 amide bonds. The first-order chi connectivity index (χ1) is 7.22. The Morgan fingerprint density at radius 3 is 2.73 bits per heavy atom. The minimum Gasteiger partial charge on any atom is -0.392 e. The Kier molecular flexibility index (Phi) is 4.32. The summed E-state index contributed by atoms with van der Waals surface area (Å²) in [4.78, 5) is 10.8. The highest BCUT2D eigenvalue weighted by Gasteiger charge is 2.12. The van der Waals surface area contributed by atoms with Crippen LogP contribution in [-0.4, -0.2) is 17.2 Å². The Balaban J connectivity index is 2.40. The van der Waals surface area contributed by atoms with Gasteiger partial charge in [-0.1, -0.05) is 30.3 Å². The predicted molar refractivity (Wildman–Crippen MR) is 52.5 cm³/mol. The number of nitriles is 1. The van der Waals surface area contributed by atoms with E-state index in [4.69, 9.17) is 5.26 Å². The van der Waals surface area contributed by atoms with E-state index < -0.39 is 12.1 Å². The van der Waals surface area contributed by atoms with Crippen molar-refractivity contribution in [1.29, 1.82) is 5.26 Å². The fourth-order valence-electron chi connectivity index (χ4n) is 1.24. The molecular formula is C11H11NO3. The predicted octanol–water partition coefficient (Wildman–Crippen LogP) is 1.00. The molecule has 1 N–H and O–H groups in total. The van der Waals surface area contributed by atoms with Gasteiger partial charge in [-0.25, -0.2) is 0 Å². The molecule has 1 unspecified atom stereocenters. The molecule has 0 saturated heterocycles. The lowest BCUT2D eigenvalue weighted by Gasteiger charge is -2.07. The maximum atomic E-state index is 10.8. The Morgan fingerprint density at radius 1 is 1.47 bits per heavy atom. The van der Waals surface area contributed by atoms with Crippen molar-refractivity contribution >= 4 is 5.97 Å². The van der Waals surface area contributed by atoms with Crippen LogP contribution in [0.4, 0.5) is 0 Å². The van der Waals surface area contributed by atoms with Crippen molar-refractivity contribution in [2.45, 2.75) is 18.9 Å². The molecule has 0 aromatic heterocycles. The monoisotopic (exact) mass is 205 g/mol. The Bertz CT molecular complexity index is 356. The second kappa shape index (κ2) is 5.78. The maximum absolute atomic E-state index is 10.8. The first-order valence-corrected chi connectivity index (χ1v) is 4.53. The lowest BCUT2D eigenvalue weighted by molar-refractivity contribution is -0.139. The third-order valence-electron chi connectivity index (χ3n) is 1.88. The molecule has 0 fully saturated rings. The van der Waals surface area contributed by atoms with E-state index in [2.05, 4.69) is 4.74 Å². The molecule has 1 aromatic carbocycles. The summed E-state index contributed by atoms with van der Waals surface area (Å²) in [7, 11) is 0. The van der Waals surface area contributed by atoms with Gasteiger partial charge in [0.15, 0.2) is 0 Å². The van der Waals surface area contributed by atoms with E-state index in [-0.39, 0.29) is 6.42 Å². The molecule has 1 atom stereocenters. The number of aliphatic hydroxyl groups is 1. The second-order valence-electron chi connectivity index (χ2n) is 3.11. The van der Waals surface area contributed by atoms with Crippen LogP contribution in [0.5, 0.6) is 0 Å². The molecule has 0 saturated carbocycles. The van der Waals surface area contributed by atoms with E-state index in [0.29, 0.717) is 6.42 Å². The summed E-state index contributed by atoms with van der Waals surface area (Å²) in [5, 5.41) is 17.6. The van der Waals surface area contributed by atoms with Gasteiger partial charge in [0.05, 0.1) is 12.5 Å². The zero-order valence-corrected chi connectivity index (χ0v) is 8.09. The first kappa shape index (κ1) is 11.2. The first-order valence-electron chi connectivity index (χ1n) is 4.53. The number of hydrogen-bond acceptors (Lipinski definition) is 4. The molecule has 4 heteroatoms. The normalized spacial score (nSPS) is 11.5. The largest absolute Gasteiger partial charge is 0.392 e. The SMILES string of the molecule is N#COC(=O)CC(O)Cc1ccccc1. The zero-order valence-electron chi connectivity index (χ0n) is 8.09. The van der Waals surface area contributed by atoms with Crippen LogP contribution < -0.4 is 0 Å². The fourth-order valence-corrected chi connectivity index (χ4v) is 1.24. The number of benzene rings is 1. The fraction of sp³-hybridized carbons (Fsp3) is 0.273. The Labute approximate surface area is 87.7 Å². The number of ether oxygens (including phenoxy) is 1. The van der Waals surface area contributed by atoms with Crippen molar-refractivity contribution in [3.05, 3.63) is 35.9 Å². The highest BCUT2D eigenvalue weighted by atomic mass is 16.5. The maximum Gasteiger partial charge on any atom is 0.324 e. The van der Waals surface area contributed by atoms with Crippen molar-refractivity contribution in [1.82, 2.24) is 0 Å². The van der Waals surface area contributed by atoms with Crippen LogP contribution in [0.2, 0.25) is 0 Å². The van der Waals surface area contributed by atoms with Gasteiger partial charge in [0, 0.05) is 0 Å². The number of aliphatic hydroxyl groups excluding tert-OH is 1. The summed E-state index contributed by atoms with van der Waals surface area (Å²) < 4.78 is 4.06. The molecule has 0 aliphatic carbocycles. The van der Waals surface area contributed by atoms with Crippen LogP contribution in [0, 0.1) is 11.5 Å². The lowest BCUT2D eigenvalue weighted by Crippen LogP contribution is -2.16. The third-order valence-corrected chi connectivity index (χ3v) is 1.88. The summed E-state index contributed by atoms with van der Waals surface area (Å²) in [6, 6.07) is 9.31. The van der Waals surface area contributed by atoms with Gasteiger partial charge in [-0.3, -0.25) is 4.79 Å². The van der Waals surface area contributed by atoms with E-state index >= 15 is 0 Å². The molecule has 0 heterocycles. The molecule has 0 aliphatic heterocycles. The van der Waals surface area contributed by atoms with Crippen molar-refractivity contribution in [2.24, 2.45) is 0 Å². The standard InChI is InChI=1S/C11H11NO3/c12-8-15-11(14)7-10(13)6-9-4-2-1-3-5-9/h1-5,10,13H,6-7H2. The average molecular weight is 205 g/mol. The molecule has 4 nitrogen and oxygen atoms in total. The number of esters is 1. The number of hydrogen-bond donors (Lipinski definition) is 1. The summed E-state index contributed by atoms with van der Waals surface area (Å²) in [6.07, 6.45) is 0.676. The van der Waals surface area contributed by atoms with Gasteiger partial charge in [0.25, 0.3) is 6.26 Å². The molecule has 1 aromatic rings. The van der Waals surface area contributed by atoms with Crippen LogP contribution in [-0.2, 0) is 16.0 Å². The molecule has 0 bridgehead atoms. The van der Waals surface area contributed by atoms with E-state index in [1.54, 1.807) is 0 Å². The Hall–Kier alpha value is -1.86. The minimum atomic E-state index is -0.812. The average Bonchev–Trinajstić information content (AvgIpc) is 2.19. The molecule has 1 rings (SSSR count). The van der Waals surface area contributed by atoms with Gasteiger partial charge in [0.2, 0.25) is 0 Å². The molecule has 0 radical (unpaired) electrons. The van der Waals surface area contributed by atoms with Crippen molar-refractivity contribution < 1.29 is 14.6 Å². The molecule has 0 aliphatic rings. The highest BCUT2D eigenvalue weighted by Crippen LogP contribution is 2.06. The number of rotatable bonds is 4. The van der Waals surface area contributed by atoms with Gasteiger partial charge in [-0.2, -0.15) is 0 Å². The van der Waals surface area contributed by atoms with Crippen LogP contribution in [0.25, 0.3) is 0 Å². The number of nitrogens with zero attached hydrogens (tertiary/aromatic N) is 1. The van der Waals surface area contributed by atoms with Gasteiger partial charge in [-0.15, -0.1) is 5.26 Å². The summed E-state index contributed by atoms with van der Waals surface area (Å²) in [5.74, 6) is -0.707. The molecule has 15 heavy (non-hydrogen) atoms. The zero-order chi connectivity index (χ0) is 11.1. The summed E-state index contributed by atoms with van der Waals surface area (Å²) in [6.45, 7) is 0. The summed E-state index contributed by atoms with van der Waals surface area (Å²) >= 11 is 0. The Morgan fingerprint density at radius 2 is 2.13 bits per heavy atom. The quantitative estimate of drug-likeness (QED) is 0.588. The van der Waals surface area contributed by atoms with Crippen molar-refractivity contribution in [3.63, 3.8) is 0 Å². The van der Waals surface area contributed by atoms with E-state index in [9.17, 15) is 9.90 Å². The van der Waals surface area contributed by atoms with Crippen molar-refractivity contribution in [2.75, 3.05) is 0 Å². The van der Waals surface area contributed by atoms with Gasteiger partial charge < -0.3 is 9.84 Å². The van der Waals surface area contributed by atoms with E-state index in [0.717, 1.165) is 5.56 Å². The topological polar surface area (TPSA) is 70.3 Å². The van der Waals surface area contributed by atoms with Crippen LogP contribution in [0.15, 0.2) is 30.3 Å². The minimum absolute atomic E-state index is 0.164. The third kappa shape index (κ3) is 4.25. The molecule has 0 spiro atoms. The molecular weight excluding hydrogens is 194 g/mol. The van der Waals surface area contributed by atoms with Crippen LogP contribution >= 0.6 is 0 Å². The smallest absolute Gasteiger partial charge is 0.324 e. The van der Waals surface area contributed by atoms with Gasteiger partial charge in [-0.05, 0) is 12.0 Å². The summed E-state index contributed by atoms with van der Waals surface area (Å²) in [5.41, 5.74) is 0.940. The van der Waals surface area contributed by atoms with E-state index in [1.165, 1.54) is 6.26 Å². The number of carbonyl (C=O) groups is 1. The van der Waals surface area contributed by atoms with E-state index in [1.807, 2.05) is 30.3 Å². The number of carbonyl (C=O) groups excluding carboxylic acids is 1. The van der Waals surface area contributed by atoms with Crippen LogP contribution in [0.3, 0.4) is 0 Å². The molecule has 78 valence electrons. The van der Waals surface area contributed by atoms with Gasteiger partial charge >= 0.3 is 5.97 Å². The lowest BCUT2D eigenvalue weighted by atomic mass is 10.1. The van der Waals surface area contributed by atoms with Crippen molar-refractivity contribution in [3.8, 4) is 6.26 Å². The highest BCUT2D eigenvalue weighted by molar-refractivity contribution is 5.70.